The van der Waals surface area contributed by atoms with Crippen LogP contribution >= 0.6 is 11.3 Å². The zero-order valence-corrected chi connectivity index (χ0v) is 15.8. The van der Waals surface area contributed by atoms with Crippen LogP contribution in [0.1, 0.15) is 15.4 Å². The molecule has 0 aliphatic carbocycles. The van der Waals surface area contributed by atoms with E-state index in [0.717, 1.165) is 17.0 Å². The van der Waals surface area contributed by atoms with Gasteiger partial charge in [-0.15, -0.1) is 11.3 Å². The Morgan fingerprint density at radius 1 is 1.03 bits per heavy atom. The Bertz CT molecular complexity index is 1200. The van der Waals surface area contributed by atoms with Gasteiger partial charge in [0.1, 0.15) is 5.82 Å². The van der Waals surface area contributed by atoms with E-state index in [1.165, 1.54) is 40.3 Å². The summed E-state index contributed by atoms with van der Waals surface area (Å²) in [6.07, 6.45) is 1.59. The second-order valence-electron chi connectivity index (χ2n) is 6.13. The van der Waals surface area contributed by atoms with Gasteiger partial charge in [-0.05, 0) is 55.5 Å². The predicted molar refractivity (Wildman–Crippen MR) is 104 cm³/mol. The van der Waals surface area contributed by atoms with Crippen LogP contribution in [0.5, 0.6) is 0 Å². The molecule has 0 bridgehead atoms. The van der Waals surface area contributed by atoms with E-state index in [1.807, 2.05) is 0 Å². The Balaban J connectivity index is 1.53. The molecule has 0 aliphatic rings. The fourth-order valence-corrected chi connectivity index (χ4v) is 3.54. The molecule has 0 radical (unpaired) electrons. The highest BCUT2D eigenvalue weighted by atomic mass is 32.1. The first-order valence-corrected chi connectivity index (χ1v) is 9.28. The van der Waals surface area contributed by atoms with Crippen LogP contribution in [0.25, 0.3) is 16.9 Å². The Kier molecular flexibility index (Phi) is 4.89. The second kappa shape index (κ2) is 7.51. The summed E-state index contributed by atoms with van der Waals surface area (Å²) in [5.74, 6) is -2.75. The second-order valence-corrected chi connectivity index (χ2v) is 7.33. The number of nitrogens with one attached hydrogen (secondary N) is 1. The van der Waals surface area contributed by atoms with Gasteiger partial charge >= 0.3 is 0 Å². The zero-order chi connectivity index (χ0) is 20.5. The van der Waals surface area contributed by atoms with Crippen LogP contribution < -0.4 is 5.32 Å². The molecule has 9 heteroatoms. The molecule has 2 heterocycles. The first-order valence-electron chi connectivity index (χ1n) is 8.46. The van der Waals surface area contributed by atoms with Gasteiger partial charge in [-0.3, -0.25) is 10.1 Å². The molecule has 2 aromatic carbocycles. The summed E-state index contributed by atoms with van der Waals surface area (Å²) in [6, 6.07) is 10.7. The topological polar surface area (TPSA) is 59.8 Å². The van der Waals surface area contributed by atoms with Crippen molar-refractivity contribution < 1.29 is 18.0 Å². The molecule has 5 nitrogen and oxygen atoms in total. The lowest BCUT2D eigenvalue weighted by Gasteiger charge is -2.01. The first kappa shape index (κ1) is 18.9. The third kappa shape index (κ3) is 3.90. The van der Waals surface area contributed by atoms with Crippen molar-refractivity contribution in [3.63, 3.8) is 0 Å². The van der Waals surface area contributed by atoms with E-state index in [1.54, 1.807) is 25.3 Å². The van der Waals surface area contributed by atoms with Gasteiger partial charge in [0.2, 0.25) is 0 Å². The summed E-state index contributed by atoms with van der Waals surface area (Å²) < 4.78 is 41.1. The predicted octanol–water partition coefficient (Wildman–Crippen LogP) is 4.97. The van der Waals surface area contributed by atoms with Crippen molar-refractivity contribution in [2.24, 2.45) is 0 Å². The van der Waals surface area contributed by atoms with Crippen LogP contribution in [0.2, 0.25) is 0 Å². The maximum absolute atomic E-state index is 13.5. The lowest BCUT2D eigenvalue weighted by atomic mass is 10.1. The molecule has 0 spiro atoms. The highest BCUT2D eigenvalue weighted by Crippen LogP contribution is 2.31. The van der Waals surface area contributed by atoms with Crippen molar-refractivity contribution in [2.45, 2.75) is 6.92 Å². The van der Waals surface area contributed by atoms with Crippen molar-refractivity contribution in [2.75, 3.05) is 5.32 Å². The number of hydrogen-bond acceptors (Lipinski definition) is 4. The van der Waals surface area contributed by atoms with E-state index < -0.39 is 17.5 Å². The minimum absolute atomic E-state index is 0.150. The van der Waals surface area contributed by atoms with E-state index in [-0.39, 0.29) is 11.5 Å². The lowest BCUT2D eigenvalue weighted by Crippen LogP contribution is -2.13. The normalized spacial score (nSPS) is 10.9. The van der Waals surface area contributed by atoms with Crippen LogP contribution in [-0.4, -0.2) is 20.7 Å². The molecule has 146 valence electrons. The highest BCUT2D eigenvalue weighted by Gasteiger charge is 2.16. The number of aromatic nitrogens is 3. The third-order valence-corrected chi connectivity index (χ3v) is 5.01. The van der Waals surface area contributed by atoms with E-state index in [0.29, 0.717) is 22.1 Å². The van der Waals surface area contributed by atoms with Crippen molar-refractivity contribution >= 4 is 22.4 Å². The molecule has 29 heavy (non-hydrogen) atoms. The van der Waals surface area contributed by atoms with Gasteiger partial charge in [0.25, 0.3) is 5.91 Å². The van der Waals surface area contributed by atoms with Crippen molar-refractivity contribution in [1.29, 1.82) is 0 Å². The number of hydrogen-bond donors (Lipinski definition) is 1. The van der Waals surface area contributed by atoms with Gasteiger partial charge in [-0.1, -0.05) is 0 Å². The van der Waals surface area contributed by atoms with Crippen molar-refractivity contribution in [3.8, 4) is 16.9 Å². The lowest BCUT2D eigenvalue weighted by molar-refractivity contribution is 0.102. The molecular formula is C20H13F3N4OS. The summed E-state index contributed by atoms with van der Waals surface area (Å²) in [6.45, 7) is 1.77. The third-order valence-electron chi connectivity index (χ3n) is 4.12. The number of benzene rings is 2. The Morgan fingerprint density at radius 2 is 1.79 bits per heavy atom. The van der Waals surface area contributed by atoms with E-state index in [2.05, 4.69) is 15.4 Å². The molecular weight excluding hydrogens is 401 g/mol. The fraction of sp³-hybridized carbons (Fsp3) is 0.0500. The number of thiazole rings is 1. The quantitative estimate of drug-likeness (QED) is 0.513. The number of carbonyl (C=O) groups is 1. The van der Waals surface area contributed by atoms with Gasteiger partial charge in [-0.2, -0.15) is 5.10 Å². The smallest absolute Gasteiger partial charge is 0.277 e. The average molecular weight is 414 g/mol. The molecule has 0 saturated heterocycles. The van der Waals surface area contributed by atoms with E-state index in [4.69, 9.17) is 0 Å². The van der Waals surface area contributed by atoms with Gasteiger partial charge in [0.15, 0.2) is 22.5 Å². The molecule has 4 rings (SSSR count). The number of rotatable bonds is 4. The number of amides is 1. The van der Waals surface area contributed by atoms with Crippen LogP contribution in [-0.2, 0) is 0 Å². The zero-order valence-electron chi connectivity index (χ0n) is 15.0. The molecule has 2 aromatic heterocycles. The molecule has 1 amide bonds. The number of aryl methyl sites for hydroxylation is 1. The van der Waals surface area contributed by atoms with Crippen LogP contribution in [0.3, 0.4) is 0 Å². The summed E-state index contributed by atoms with van der Waals surface area (Å²) in [5.41, 5.74) is 1.63. The maximum Gasteiger partial charge on any atom is 0.277 e. The SMILES string of the molecule is Cc1sc(NC(=O)c2ccn(-c3ccc(F)cc3)n2)nc1-c1ccc(F)c(F)c1. The molecule has 0 atom stereocenters. The maximum atomic E-state index is 13.5. The minimum atomic E-state index is -0.966. The van der Waals surface area contributed by atoms with Gasteiger partial charge in [0.05, 0.1) is 11.4 Å². The standard InChI is InChI=1S/C20H13F3N4OS/c1-11-18(12-2-7-15(22)16(23)10-12)24-20(29-11)25-19(28)17-8-9-27(26-17)14-5-3-13(21)4-6-14/h2-10H,1H3,(H,24,25,28). The van der Waals surface area contributed by atoms with Crippen LogP contribution in [0.15, 0.2) is 54.7 Å². The number of halogens is 3. The molecule has 0 aliphatic heterocycles. The monoisotopic (exact) mass is 414 g/mol. The Morgan fingerprint density at radius 3 is 2.52 bits per heavy atom. The molecule has 1 N–H and O–H groups in total. The fourth-order valence-electron chi connectivity index (χ4n) is 2.70. The summed E-state index contributed by atoms with van der Waals surface area (Å²) in [4.78, 5) is 17.5. The molecule has 0 saturated carbocycles. The Hall–Kier alpha value is -3.46. The summed E-state index contributed by atoms with van der Waals surface area (Å²) >= 11 is 1.21. The highest BCUT2D eigenvalue weighted by molar-refractivity contribution is 7.16. The molecule has 4 aromatic rings. The number of carbonyl (C=O) groups excluding carboxylic acids is 1. The number of anilines is 1. The van der Waals surface area contributed by atoms with Crippen LogP contribution in [0, 0.1) is 24.4 Å². The van der Waals surface area contributed by atoms with Gasteiger partial charge < -0.3 is 0 Å². The van der Waals surface area contributed by atoms with Crippen LogP contribution in [0.4, 0.5) is 18.3 Å². The number of nitrogens with zero attached hydrogens (tertiary/aromatic N) is 3. The van der Waals surface area contributed by atoms with E-state index >= 15 is 0 Å². The minimum Gasteiger partial charge on any atom is -0.296 e. The Labute approximate surface area is 167 Å². The van der Waals surface area contributed by atoms with Gasteiger partial charge in [-0.25, -0.2) is 22.8 Å². The molecule has 0 fully saturated rings. The van der Waals surface area contributed by atoms with Gasteiger partial charge in [0, 0.05) is 16.6 Å². The largest absolute Gasteiger partial charge is 0.296 e. The molecule has 0 unspecified atom stereocenters. The van der Waals surface area contributed by atoms with E-state index in [9.17, 15) is 18.0 Å². The van der Waals surface area contributed by atoms with Crippen molar-refractivity contribution in [1.82, 2.24) is 14.8 Å². The first-order chi connectivity index (χ1) is 13.9. The average Bonchev–Trinajstić information content (AvgIpc) is 3.32. The summed E-state index contributed by atoms with van der Waals surface area (Å²) in [5, 5.41) is 7.15. The summed E-state index contributed by atoms with van der Waals surface area (Å²) in [7, 11) is 0. The van der Waals surface area contributed by atoms with Crippen molar-refractivity contribution in [3.05, 3.63) is 82.8 Å².